The molecule has 68 heavy (non-hydrogen) atoms. The van der Waals surface area contributed by atoms with E-state index in [-0.39, 0.29) is 34.4 Å². The van der Waals surface area contributed by atoms with Crippen molar-refractivity contribution < 1.29 is 84.0 Å². The van der Waals surface area contributed by atoms with E-state index in [9.17, 15) is 60.0 Å². The lowest BCUT2D eigenvalue weighted by Gasteiger charge is -2.70. The molecule has 2 aromatic rings. The minimum Gasteiger partial charge on any atom is -0.481 e. The van der Waals surface area contributed by atoms with Gasteiger partial charge in [0.2, 0.25) is 5.52 Å². The summed E-state index contributed by atoms with van der Waals surface area (Å²) in [5.41, 5.74) is -0.625. The molecule has 2 aliphatic heterocycles. The van der Waals surface area contributed by atoms with Gasteiger partial charge in [-0.05, 0) is 122 Å². The summed E-state index contributed by atoms with van der Waals surface area (Å²) in [5, 5.41) is 84.3. The number of benzene rings is 1. The van der Waals surface area contributed by atoms with Crippen LogP contribution in [0.2, 0.25) is 0 Å². The maximum absolute atomic E-state index is 14.8. The molecule has 1 aromatic carbocycles. The Morgan fingerprint density at radius 2 is 1.31 bits per heavy atom. The van der Waals surface area contributed by atoms with Crippen molar-refractivity contribution in [2.75, 3.05) is 0 Å². The maximum atomic E-state index is 14.8. The van der Waals surface area contributed by atoms with Gasteiger partial charge in [0, 0.05) is 23.4 Å². The van der Waals surface area contributed by atoms with Gasteiger partial charge in [-0.2, -0.15) is 0 Å². The Morgan fingerprint density at radius 1 is 0.691 bits per heavy atom. The first-order valence-corrected chi connectivity index (χ1v) is 24.1. The topological polar surface area (TPSA) is 281 Å². The maximum Gasteiger partial charge on any atom is 0.335 e. The second kappa shape index (κ2) is 17.7. The highest BCUT2D eigenvalue weighted by atomic mass is 16.8. The van der Waals surface area contributed by atoms with Gasteiger partial charge in [-0.15, -0.1) is 0 Å². The predicted octanol–water partition coefficient (Wildman–Crippen LogP) is 3.90. The van der Waals surface area contributed by atoms with Crippen molar-refractivity contribution in [1.29, 1.82) is 0 Å². The van der Waals surface area contributed by atoms with E-state index in [1.165, 1.54) is 10.9 Å². The Hall–Kier alpha value is -3.91. The third-order valence-electron chi connectivity index (χ3n) is 18.8. The van der Waals surface area contributed by atoms with Crippen LogP contribution in [-0.4, -0.2) is 132 Å². The van der Waals surface area contributed by atoms with Crippen molar-refractivity contribution in [3.05, 3.63) is 54.2 Å². The number of H-pyrrole nitrogens is 1. The van der Waals surface area contributed by atoms with Gasteiger partial charge in [0.15, 0.2) is 36.8 Å². The molecule has 1 aromatic heterocycles. The van der Waals surface area contributed by atoms with Crippen LogP contribution in [0.1, 0.15) is 106 Å². The highest BCUT2D eigenvalue weighted by Crippen LogP contribution is 2.75. The number of aromatic nitrogens is 1. The predicted molar refractivity (Wildman–Crippen MR) is 240 cm³/mol. The van der Waals surface area contributed by atoms with Crippen LogP contribution in [0, 0.1) is 50.2 Å². The van der Waals surface area contributed by atoms with E-state index in [2.05, 4.69) is 50.9 Å². The molecule has 7 aliphatic rings. The highest BCUT2D eigenvalue weighted by Gasteiger charge is 2.71. The number of carbonyl (C=O) groups is 4. The molecule has 9 N–H and O–H groups in total. The van der Waals surface area contributed by atoms with Crippen molar-refractivity contribution in [2.45, 2.75) is 174 Å². The fraction of sp³-hybridized carbons (Fsp3) is 0.706. The number of carboxylic acids is 3. The molecular formula is C51H70NO16+. The van der Waals surface area contributed by atoms with E-state index in [0.717, 1.165) is 37.7 Å². The lowest BCUT2D eigenvalue weighted by Crippen LogP contribution is -2.68. The van der Waals surface area contributed by atoms with Gasteiger partial charge in [-0.1, -0.05) is 59.2 Å². The van der Waals surface area contributed by atoms with Gasteiger partial charge in [-0.25, -0.2) is 14.6 Å². The Labute approximate surface area is 395 Å². The Balaban J connectivity index is 0.000000549. The molecule has 374 valence electrons. The van der Waals surface area contributed by atoms with Crippen LogP contribution in [0.4, 0.5) is 0 Å². The smallest absolute Gasteiger partial charge is 0.335 e. The Bertz CT molecular complexity index is 2260. The number of hydrogen-bond donors (Lipinski definition) is 8. The molecule has 0 bridgehead atoms. The molecule has 0 amide bonds. The SMILES string of the molecule is CC1(C)[C@@H](O[C@H]2O[C@H](C(=O)O)[C@@H](O)[C@H](O)[C@H]2O[C@@H]2O[C@H](C(=O)O)[C@@H](O)[C@H](O)[C@H]2O)CC[C@]2(C)[C@H]3C(=O)C=C4[C@@H]5C[C@@](C)(C(=O)O)CC[C@]5(C)CC[C@@]4(C)[C@]3(C)CC[C@@H]12.c1ccc2[nH+]cccc2c1. The van der Waals surface area contributed by atoms with Gasteiger partial charge in [-0.3, -0.25) is 9.59 Å². The number of ether oxygens (including phenoxy) is 4. The van der Waals surface area contributed by atoms with E-state index in [1.807, 2.05) is 51.2 Å². The van der Waals surface area contributed by atoms with E-state index < -0.39 is 107 Å². The lowest BCUT2D eigenvalue weighted by atomic mass is 9.33. The number of aliphatic hydroxyl groups excluding tert-OH is 5. The van der Waals surface area contributed by atoms with E-state index >= 15 is 0 Å². The fourth-order valence-electron chi connectivity index (χ4n) is 14.4. The zero-order chi connectivity index (χ0) is 49.7. The van der Waals surface area contributed by atoms with Crippen molar-refractivity contribution in [1.82, 2.24) is 0 Å². The number of fused-ring (bicyclic) bond motifs is 8. The number of hydrogen-bond acceptors (Lipinski definition) is 13. The molecule has 0 unspecified atom stereocenters. The molecule has 9 rings (SSSR count). The molecule has 3 heterocycles. The first kappa shape index (κ1) is 50.5. The summed E-state index contributed by atoms with van der Waals surface area (Å²) in [6.45, 7) is 14.8. The van der Waals surface area contributed by atoms with Crippen LogP contribution in [0.25, 0.3) is 10.9 Å². The number of aliphatic carboxylic acids is 3. The number of carboxylic acid groups (broad SMARTS) is 3. The molecule has 0 spiro atoms. The quantitative estimate of drug-likeness (QED) is 0.183. The molecular weight excluding hydrogens is 883 g/mol. The number of aliphatic hydroxyl groups is 5. The van der Waals surface area contributed by atoms with Gasteiger partial charge < -0.3 is 59.8 Å². The van der Waals surface area contributed by atoms with Crippen LogP contribution in [0.15, 0.2) is 54.2 Å². The number of para-hydroxylation sites is 1. The molecule has 17 heteroatoms. The van der Waals surface area contributed by atoms with Crippen molar-refractivity contribution in [2.24, 2.45) is 50.2 Å². The first-order chi connectivity index (χ1) is 31.7. The van der Waals surface area contributed by atoms with Crippen molar-refractivity contribution in [3.8, 4) is 0 Å². The summed E-state index contributed by atoms with van der Waals surface area (Å²) in [6.07, 6.45) is -10.3. The Kier molecular flexibility index (Phi) is 13.2. The van der Waals surface area contributed by atoms with E-state index in [0.29, 0.717) is 25.7 Å². The van der Waals surface area contributed by atoms with Crippen LogP contribution >= 0.6 is 0 Å². The zero-order valence-corrected chi connectivity index (χ0v) is 39.9. The minimum absolute atomic E-state index is 0.0217. The summed E-state index contributed by atoms with van der Waals surface area (Å²) in [6, 6.07) is 12.3. The standard InChI is InChI=1S/C42H62O16.C9H7N/c1-37(2)21-8-11-42(7)31(20(43)16-18-19-17-39(4,36(53)54)13-12-38(19,3)14-15-41(18,42)6)40(21,5)10-9-22(37)55-35-30(26(47)25(46)29(57-35)33(51)52)58-34-27(48)23(44)24(45)28(56-34)32(49)50;1-2-6-9-8(4-1)5-3-7-10-9/h16,19,21-31,34-35,44-48H,8-15,17H2,1-7H3,(H,49,50)(H,51,52)(H,53,54);1-7H/p+1/t19-,21-,22-,23-,24-,25-,26-,27+,28-,29-,30+,31+,34-,35-,38+,39-,40-,41+,42+;/m0./s1. The van der Waals surface area contributed by atoms with E-state index in [1.54, 1.807) is 0 Å². The third kappa shape index (κ3) is 8.01. The number of aromatic amines is 1. The number of ketones is 1. The highest BCUT2D eigenvalue weighted by molar-refractivity contribution is 5.95. The minimum atomic E-state index is -2.05. The summed E-state index contributed by atoms with van der Waals surface area (Å²) in [5.74, 6) is -4.47. The molecule has 0 radical (unpaired) electrons. The van der Waals surface area contributed by atoms with Crippen LogP contribution < -0.4 is 4.98 Å². The molecule has 6 fully saturated rings. The largest absolute Gasteiger partial charge is 0.481 e. The van der Waals surface area contributed by atoms with Gasteiger partial charge in [0.25, 0.3) is 0 Å². The molecule has 17 nitrogen and oxygen atoms in total. The molecule has 19 atom stereocenters. The summed E-state index contributed by atoms with van der Waals surface area (Å²) >= 11 is 0. The number of pyridine rings is 1. The first-order valence-electron chi connectivity index (χ1n) is 24.1. The Morgan fingerprint density at radius 3 is 1.96 bits per heavy atom. The molecule has 2 saturated heterocycles. The average molecular weight is 953 g/mol. The van der Waals surface area contributed by atoms with Gasteiger partial charge in [0.1, 0.15) is 36.6 Å². The second-order valence-corrected chi connectivity index (χ2v) is 22.9. The van der Waals surface area contributed by atoms with Crippen molar-refractivity contribution in [3.63, 3.8) is 0 Å². The summed E-state index contributed by atoms with van der Waals surface area (Å²) in [7, 11) is 0. The molecule has 5 aliphatic carbocycles. The number of nitrogens with one attached hydrogen (secondary N) is 1. The van der Waals surface area contributed by atoms with Gasteiger partial charge in [0.05, 0.1) is 11.5 Å². The summed E-state index contributed by atoms with van der Waals surface area (Å²) in [4.78, 5) is 54.5. The summed E-state index contributed by atoms with van der Waals surface area (Å²) < 4.78 is 23.4. The van der Waals surface area contributed by atoms with E-state index in [4.69, 9.17) is 18.9 Å². The fourth-order valence-corrected chi connectivity index (χ4v) is 14.4. The second-order valence-electron chi connectivity index (χ2n) is 22.9. The number of carbonyl (C=O) groups excluding carboxylic acids is 1. The van der Waals surface area contributed by atoms with Crippen LogP contribution in [0.5, 0.6) is 0 Å². The van der Waals surface area contributed by atoms with Crippen molar-refractivity contribution >= 4 is 34.6 Å². The average Bonchev–Trinajstić information content (AvgIpc) is 3.28. The number of allylic oxidation sites excluding steroid dienone is 2. The monoisotopic (exact) mass is 952 g/mol. The van der Waals surface area contributed by atoms with Gasteiger partial charge >= 0.3 is 17.9 Å². The normalized spacial score (nSPS) is 46.3. The zero-order valence-electron chi connectivity index (χ0n) is 39.9. The van der Waals surface area contributed by atoms with Crippen LogP contribution in [0.3, 0.4) is 0 Å². The molecule has 4 saturated carbocycles. The lowest BCUT2D eigenvalue weighted by molar-refractivity contribution is -0.371. The van der Waals surface area contributed by atoms with Crippen LogP contribution in [-0.2, 0) is 38.1 Å². The number of rotatable bonds is 7. The third-order valence-corrected chi connectivity index (χ3v) is 18.8.